The normalized spacial score (nSPS) is 31.1. The zero-order chi connectivity index (χ0) is 10.2. The Morgan fingerprint density at radius 2 is 2.14 bits per heavy atom. The predicted octanol–water partition coefficient (Wildman–Crippen LogP) is 0.652. The SMILES string of the molecule is O=C(NC1CCC1)[C@@H]1CC(F)(F)CN1. The molecule has 2 aliphatic rings. The minimum absolute atomic E-state index is 0.221. The fraction of sp³-hybridized carbons (Fsp3) is 0.889. The molecule has 1 atom stereocenters. The molecule has 1 aliphatic carbocycles. The number of hydrogen-bond donors (Lipinski definition) is 2. The lowest BCUT2D eigenvalue weighted by atomic mass is 9.93. The van der Waals surface area contributed by atoms with Crippen molar-refractivity contribution >= 4 is 5.91 Å². The van der Waals surface area contributed by atoms with Crippen molar-refractivity contribution in [3.63, 3.8) is 0 Å². The molecule has 0 bridgehead atoms. The monoisotopic (exact) mass is 204 g/mol. The van der Waals surface area contributed by atoms with Gasteiger partial charge < -0.3 is 5.32 Å². The number of amides is 1. The minimum Gasteiger partial charge on any atom is -0.352 e. The van der Waals surface area contributed by atoms with Crippen LogP contribution in [0.1, 0.15) is 25.7 Å². The summed E-state index contributed by atoms with van der Waals surface area (Å²) in [6.07, 6.45) is 2.72. The second-order valence-corrected chi connectivity index (χ2v) is 4.13. The molecule has 2 N–H and O–H groups in total. The highest BCUT2D eigenvalue weighted by molar-refractivity contribution is 5.82. The van der Waals surface area contributed by atoms with E-state index in [1.165, 1.54) is 0 Å². The number of carbonyl (C=O) groups excluding carboxylic acids is 1. The van der Waals surface area contributed by atoms with Gasteiger partial charge in [0.15, 0.2) is 0 Å². The lowest BCUT2D eigenvalue weighted by Crippen LogP contribution is -2.47. The van der Waals surface area contributed by atoms with Crippen molar-refractivity contribution in [1.82, 2.24) is 10.6 Å². The van der Waals surface area contributed by atoms with Crippen LogP contribution in [0.5, 0.6) is 0 Å². The van der Waals surface area contributed by atoms with Crippen molar-refractivity contribution in [2.24, 2.45) is 0 Å². The maximum atomic E-state index is 12.7. The summed E-state index contributed by atoms with van der Waals surface area (Å²) in [7, 11) is 0. The highest BCUT2D eigenvalue weighted by atomic mass is 19.3. The van der Waals surface area contributed by atoms with Crippen molar-refractivity contribution in [1.29, 1.82) is 0 Å². The summed E-state index contributed by atoms with van der Waals surface area (Å²) < 4.78 is 25.5. The first kappa shape index (κ1) is 9.83. The van der Waals surface area contributed by atoms with Gasteiger partial charge in [-0.1, -0.05) is 0 Å². The zero-order valence-electron chi connectivity index (χ0n) is 7.85. The lowest BCUT2D eigenvalue weighted by Gasteiger charge is -2.27. The van der Waals surface area contributed by atoms with E-state index in [-0.39, 0.29) is 24.9 Å². The molecule has 2 fully saturated rings. The third-order valence-electron chi connectivity index (χ3n) is 2.88. The molecule has 14 heavy (non-hydrogen) atoms. The van der Waals surface area contributed by atoms with E-state index in [4.69, 9.17) is 0 Å². The summed E-state index contributed by atoms with van der Waals surface area (Å²) in [5.74, 6) is -2.99. The Morgan fingerprint density at radius 3 is 2.57 bits per heavy atom. The summed E-state index contributed by atoms with van der Waals surface area (Å²) in [6, 6.07) is -0.482. The Hall–Kier alpha value is -0.710. The van der Waals surface area contributed by atoms with Crippen LogP contribution in [0.25, 0.3) is 0 Å². The van der Waals surface area contributed by atoms with Gasteiger partial charge in [-0.3, -0.25) is 10.1 Å². The van der Waals surface area contributed by atoms with Gasteiger partial charge in [-0.25, -0.2) is 8.78 Å². The predicted molar refractivity (Wildman–Crippen MR) is 47.1 cm³/mol. The molecule has 0 spiro atoms. The first-order valence-electron chi connectivity index (χ1n) is 4.98. The first-order valence-corrected chi connectivity index (χ1v) is 4.98. The number of rotatable bonds is 2. The molecule has 80 valence electrons. The van der Waals surface area contributed by atoms with Gasteiger partial charge >= 0.3 is 0 Å². The smallest absolute Gasteiger partial charge is 0.262 e. The highest BCUT2D eigenvalue weighted by Gasteiger charge is 2.42. The Morgan fingerprint density at radius 1 is 1.43 bits per heavy atom. The molecule has 0 aromatic carbocycles. The third kappa shape index (κ3) is 2.03. The van der Waals surface area contributed by atoms with Crippen molar-refractivity contribution in [2.45, 2.75) is 43.7 Å². The Kier molecular flexibility index (Phi) is 2.43. The van der Waals surface area contributed by atoms with Crippen molar-refractivity contribution in [3.8, 4) is 0 Å². The number of hydrogen-bond acceptors (Lipinski definition) is 2. The molecule has 0 radical (unpaired) electrons. The maximum absolute atomic E-state index is 12.7. The van der Waals surface area contributed by atoms with Gasteiger partial charge in [0.1, 0.15) is 0 Å². The van der Waals surface area contributed by atoms with E-state index in [1.54, 1.807) is 0 Å². The van der Waals surface area contributed by atoms with E-state index in [1.807, 2.05) is 0 Å². The van der Waals surface area contributed by atoms with E-state index < -0.39 is 12.0 Å². The van der Waals surface area contributed by atoms with Crippen LogP contribution in [0.4, 0.5) is 8.78 Å². The molecular weight excluding hydrogens is 190 g/mol. The van der Waals surface area contributed by atoms with E-state index in [0.717, 1.165) is 19.3 Å². The van der Waals surface area contributed by atoms with E-state index in [0.29, 0.717) is 0 Å². The number of nitrogens with one attached hydrogen (secondary N) is 2. The van der Waals surface area contributed by atoms with Crippen molar-refractivity contribution in [3.05, 3.63) is 0 Å². The van der Waals surface area contributed by atoms with E-state index >= 15 is 0 Å². The largest absolute Gasteiger partial charge is 0.352 e. The minimum atomic E-state index is -2.72. The number of carbonyl (C=O) groups is 1. The van der Waals surface area contributed by atoms with Crippen LogP contribution >= 0.6 is 0 Å². The molecule has 1 saturated heterocycles. The Labute approximate surface area is 81.2 Å². The Bertz CT molecular complexity index is 241. The quantitative estimate of drug-likeness (QED) is 0.693. The van der Waals surface area contributed by atoms with Gasteiger partial charge in [-0.2, -0.15) is 0 Å². The van der Waals surface area contributed by atoms with Crippen LogP contribution in [0.15, 0.2) is 0 Å². The summed E-state index contributed by atoms with van der Waals surface area (Å²) in [6.45, 7) is -0.379. The van der Waals surface area contributed by atoms with Crippen LogP contribution in [-0.4, -0.2) is 30.5 Å². The van der Waals surface area contributed by atoms with Crippen LogP contribution in [0.3, 0.4) is 0 Å². The molecule has 0 aromatic rings. The molecule has 0 aromatic heterocycles. The molecule has 2 rings (SSSR count). The van der Waals surface area contributed by atoms with Gasteiger partial charge in [0.2, 0.25) is 5.91 Å². The topological polar surface area (TPSA) is 41.1 Å². The highest BCUT2D eigenvalue weighted by Crippen LogP contribution is 2.26. The first-order chi connectivity index (χ1) is 6.57. The van der Waals surface area contributed by atoms with Crippen LogP contribution in [0.2, 0.25) is 0 Å². The van der Waals surface area contributed by atoms with Crippen LogP contribution in [-0.2, 0) is 4.79 Å². The molecule has 0 unspecified atom stereocenters. The summed E-state index contributed by atoms with van der Waals surface area (Å²) in [4.78, 5) is 11.4. The maximum Gasteiger partial charge on any atom is 0.262 e. The van der Waals surface area contributed by atoms with Crippen molar-refractivity contribution < 1.29 is 13.6 Å². The molecule has 3 nitrogen and oxygen atoms in total. The Balaban J connectivity index is 1.80. The number of halogens is 2. The second kappa shape index (κ2) is 3.46. The lowest BCUT2D eigenvalue weighted by molar-refractivity contribution is -0.124. The third-order valence-corrected chi connectivity index (χ3v) is 2.88. The number of alkyl halides is 2. The zero-order valence-corrected chi connectivity index (χ0v) is 7.85. The molecule has 1 heterocycles. The van der Waals surface area contributed by atoms with Crippen molar-refractivity contribution in [2.75, 3.05) is 6.54 Å². The van der Waals surface area contributed by atoms with Gasteiger partial charge in [0, 0.05) is 12.5 Å². The fourth-order valence-electron chi connectivity index (χ4n) is 1.76. The fourth-order valence-corrected chi connectivity index (χ4v) is 1.76. The molecule has 5 heteroatoms. The average Bonchev–Trinajstić information content (AvgIpc) is 2.38. The van der Waals surface area contributed by atoms with Gasteiger partial charge in [0.25, 0.3) is 5.92 Å². The molecular formula is C9H14F2N2O. The summed E-state index contributed by atoms with van der Waals surface area (Å²) >= 11 is 0. The van der Waals surface area contributed by atoms with E-state index in [9.17, 15) is 13.6 Å². The average molecular weight is 204 g/mol. The van der Waals surface area contributed by atoms with Gasteiger partial charge in [-0.15, -0.1) is 0 Å². The van der Waals surface area contributed by atoms with Crippen LogP contribution < -0.4 is 10.6 Å². The standard InChI is InChI=1S/C9H14F2N2O/c10-9(11)4-7(12-5-9)8(14)13-6-2-1-3-6/h6-7,12H,1-5H2,(H,13,14)/t7-/m0/s1. The van der Waals surface area contributed by atoms with Gasteiger partial charge in [0.05, 0.1) is 12.6 Å². The molecule has 1 aliphatic heterocycles. The molecule has 1 saturated carbocycles. The second-order valence-electron chi connectivity index (χ2n) is 4.13. The summed E-state index contributed by atoms with van der Waals surface area (Å²) in [5.41, 5.74) is 0. The summed E-state index contributed by atoms with van der Waals surface area (Å²) in [5, 5.41) is 5.30. The van der Waals surface area contributed by atoms with E-state index in [2.05, 4.69) is 10.6 Å². The van der Waals surface area contributed by atoms with Gasteiger partial charge in [-0.05, 0) is 19.3 Å². The van der Waals surface area contributed by atoms with Crippen LogP contribution in [0, 0.1) is 0 Å². The molecule has 1 amide bonds.